The van der Waals surface area contributed by atoms with Crippen LogP contribution < -0.4 is 0 Å². The van der Waals surface area contributed by atoms with E-state index in [1.807, 2.05) is 6.92 Å². The van der Waals surface area contributed by atoms with Crippen LogP contribution in [-0.2, 0) is 9.53 Å². The van der Waals surface area contributed by atoms with Crippen molar-refractivity contribution in [2.45, 2.75) is 78.2 Å². The van der Waals surface area contributed by atoms with Crippen LogP contribution in [0.1, 0.15) is 72.6 Å². The van der Waals surface area contributed by atoms with Gasteiger partial charge in [0.25, 0.3) is 0 Å². The SMILES string of the molecule is CCOC(=O)CC(C)(CCC(C)C)N1CCCCCC1. The van der Waals surface area contributed by atoms with Gasteiger partial charge in [0.15, 0.2) is 0 Å². The Labute approximate surface area is 125 Å². The monoisotopic (exact) mass is 283 g/mol. The third-order valence-electron chi connectivity index (χ3n) is 4.46. The summed E-state index contributed by atoms with van der Waals surface area (Å²) < 4.78 is 5.20. The van der Waals surface area contributed by atoms with Crippen molar-refractivity contribution in [3.63, 3.8) is 0 Å². The second kappa shape index (κ2) is 8.66. The Balaban J connectivity index is 2.72. The lowest BCUT2D eigenvalue weighted by Gasteiger charge is -2.41. The molecule has 0 bridgehead atoms. The maximum atomic E-state index is 12.0. The number of esters is 1. The molecule has 0 aliphatic carbocycles. The summed E-state index contributed by atoms with van der Waals surface area (Å²) in [5.41, 5.74) is -0.0269. The summed E-state index contributed by atoms with van der Waals surface area (Å²) >= 11 is 0. The number of ether oxygens (including phenoxy) is 1. The molecule has 1 aliphatic heterocycles. The molecule has 1 heterocycles. The number of hydrogen-bond acceptors (Lipinski definition) is 3. The van der Waals surface area contributed by atoms with E-state index in [4.69, 9.17) is 4.74 Å². The lowest BCUT2D eigenvalue weighted by atomic mass is 9.86. The Morgan fingerprint density at radius 2 is 1.80 bits per heavy atom. The quantitative estimate of drug-likeness (QED) is 0.661. The van der Waals surface area contributed by atoms with Crippen LogP contribution in [0.2, 0.25) is 0 Å². The van der Waals surface area contributed by atoms with Crippen molar-refractivity contribution in [2.75, 3.05) is 19.7 Å². The summed E-state index contributed by atoms with van der Waals surface area (Å²) in [6, 6.07) is 0. The van der Waals surface area contributed by atoms with E-state index >= 15 is 0 Å². The fourth-order valence-electron chi connectivity index (χ4n) is 3.09. The largest absolute Gasteiger partial charge is 0.466 e. The van der Waals surface area contributed by atoms with Crippen molar-refractivity contribution >= 4 is 5.97 Å². The molecule has 0 amide bonds. The van der Waals surface area contributed by atoms with Gasteiger partial charge in [-0.2, -0.15) is 0 Å². The number of nitrogens with zero attached hydrogens (tertiary/aromatic N) is 1. The van der Waals surface area contributed by atoms with Crippen molar-refractivity contribution in [3.8, 4) is 0 Å². The van der Waals surface area contributed by atoms with E-state index in [-0.39, 0.29) is 11.5 Å². The third kappa shape index (κ3) is 5.82. The van der Waals surface area contributed by atoms with Crippen LogP contribution in [0.3, 0.4) is 0 Å². The molecule has 0 aromatic heterocycles. The molecule has 1 unspecified atom stereocenters. The Bertz CT molecular complexity index is 283. The van der Waals surface area contributed by atoms with Crippen molar-refractivity contribution in [3.05, 3.63) is 0 Å². The van der Waals surface area contributed by atoms with E-state index in [2.05, 4.69) is 25.7 Å². The highest BCUT2D eigenvalue weighted by atomic mass is 16.5. The summed E-state index contributed by atoms with van der Waals surface area (Å²) in [6.07, 6.45) is 7.98. The summed E-state index contributed by atoms with van der Waals surface area (Å²) in [4.78, 5) is 14.5. The maximum Gasteiger partial charge on any atom is 0.307 e. The van der Waals surface area contributed by atoms with E-state index in [9.17, 15) is 4.79 Å². The fraction of sp³-hybridized carbons (Fsp3) is 0.941. The molecule has 0 saturated carbocycles. The van der Waals surface area contributed by atoms with E-state index in [1.165, 1.54) is 32.1 Å². The normalized spacial score (nSPS) is 20.4. The molecule has 1 fully saturated rings. The first-order valence-electron chi connectivity index (χ1n) is 8.38. The van der Waals surface area contributed by atoms with Crippen molar-refractivity contribution < 1.29 is 9.53 Å². The molecule has 3 heteroatoms. The van der Waals surface area contributed by atoms with Gasteiger partial charge in [0.2, 0.25) is 0 Å². The molecule has 0 aromatic rings. The molecule has 0 aromatic carbocycles. The topological polar surface area (TPSA) is 29.5 Å². The Kier molecular flexibility index (Phi) is 7.57. The fourth-order valence-corrected chi connectivity index (χ4v) is 3.09. The van der Waals surface area contributed by atoms with E-state index < -0.39 is 0 Å². The molecule has 0 N–H and O–H groups in total. The van der Waals surface area contributed by atoms with Crippen molar-refractivity contribution in [1.29, 1.82) is 0 Å². The van der Waals surface area contributed by atoms with Crippen LogP contribution in [0.15, 0.2) is 0 Å². The lowest BCUT2D eigenvalue weighted by molar-refractivity contribution is -0.146. The van der Waals surface area contributed by atoms with E-state index in [0.717, 1.165) is 19.5 Å². The first kappa shape index (κ1) is 17.5. The van der Waals surface area contributed by atoms with Crippen LogP contribution in [-0.4, -0.2) is 36.1 Å². The van der Waals surface area contributed by atoms with Gasteiger partial charge >= 0.3 is 5.97 Å². The standard InChI is InChI=1S/C17H33NO2/c1-5-20-16(19)14-17(4,11-10-15(2)3)18-12-8-6-7-9-13-18/h15H,5-14H2,1-4H3. The second-order valence-corrected chi connectivity index (χ2v) is 6.81. The van der Waals surface area contributed by atoms with Gasteiger partial charge in [0, 0.05) is 5.54 Å². The number of carbonyl (C=O) groups is 1. The van der Waals surface area contributed by atoms with E-state index in [1.54, 1.807) is 0 Å². The van der Waals surface area contributed by atoms with Crippen LogP contribution in [0, 0.1) is 5.92 Å². The van der Waals surface area contributed by atoms with Gasteiger partial charge in [-0.05, 0) is 58.5 Å². The highest BCUT2D eigenvalue weighted by Gasteiger charge is 2.34. The average molecular weight is 283 g/mol. The van der Waals surface area contributed by atoms with Crippen LogP contribution in [0.25, 0.3) is 0 Å². The molecular weight excluding hydrogens is 250 g/mol. The van der Waals surface area contributed by atoms with Gasteiger partial charge in [0.05, 0.1) is 13.0 Å². The summed E-state index contributed by atoms with van der Waals surface area (Å²) in [5, 5.41) is 0. The summed E-state index contributed by atoms with van der Waals surface area (Å²) in [7, 11) is 0. The first-order valence-corrected chi connectivity index (χ1v) is 8.38. The van der Waals surface area contributed by atoms with Gasteiger partial charge in [0.1, 0.15) is 0 Å². The van der Waals surface area contributed by atoms with Gasteiger partial charge in [-0.25, -0.2) is 0 Å². The number of hydrogen-bond donors (Lipinski definition) is 0. The summed E-state index contributed by atoms with van der Waals surface area (Å²) in [5.74, 6) is 0.645. The predicted molar refractivity (Wildman–Crippen MR) is 83.8 cm³/mol. The van der Waals surface area contributed by atoms with Gasteiger partial charge in [-0.1, -0.05) is 26.7 Å². The maximum absolute atomic E-state index is 12.0. The van der Waals surface area contributed by atoms with Crippen molar-refractivity contribution in [1.82, 2.24) is 4.90 Å². The molecule has 1 aliphatic rings. The first-order chi connectivity index (χ1) is 9.48. The zero-order valence-corrected chi connectivity index (χ0v) is 13.9. The molecule has 0 radical (unpaired) electrons. The zero-order chi connectivity index (χ0) is 15.0. The molecular formula is C17H33NO2. The molecule has 20 heavy (non-hydrogen) atoms. The Hall–Kier alpha value is -0.570. The molecule has 1 atom stereocenters. The number of carbonyl (C=O) groups excluding carboxylic acids is 1. The Morgan fingerprint density at radius 3 is 2.30 bits per heavy atom. The van der Waals surface area contributed by atoms with Gasteiger partial charge in [-0.3, -0.25) is 9.69 Å². The zero-order valence-electron chi connectivity index (χ0n) is 13.9. The van der Waals surface area contributed by atoms with Crippen LogP contribution in [0.4, 0.5) is 0 Å². The lowest BCUT2D eigenvalue weighted by Crippen LogP contribution is -2.48. The van der Waals surface area contributed by atoms with Crippen LogP contribution >= 0.6 is 0 Å². The highest BCUT2D eigenvalue weighted by molar-refractivity contribution is 5.70. The molecule has 3 nitrogen and oxygen atoms in total. The molecule has 1 saturated heterocycles. The minimum atomic E-state index is -0.0389. The number of rotatable bonds is 7. The number of likely N-dealkylation sites (tertiary alicyclic amines) is 1. The van der Waals surface area contributed by atoms with Crippen molar-refractivity contribution in [2.24, 2.45) is 5.92 Å². The van der Waals surface area contributed by atoms with Crippen LogP contribution in [0.5, 0.6) is 0 Å². The minimum absolute atomic E-state index is 0.0269. The highest BCUT2D eigenvalue weighted by Crippen LogP contribution is 2.30. The van der Waals surface area contributed by atoms with Gasteiger partial charge < -0.3 is 4.74 Å². The van der Waals surface area contributed by atoms with Gasteiger partial charge in [-0.15, -0.1) is 0 Å². The second-order valence-electron chi connectivity index (χ2n) is 6.81. The minimum Gasteiger partial charge on any atom is -0.466 e. The molecule has 118 valence electrons. The third-order valence-corrected chi connectivity index (χ3v) is 4.46. The van der Waals surface area contributed by atoms with E-state index in [0.29, 0.717) is 18.9 Å². The molecule has 1 rings (SSSR count). The average Bonchev–Trinajstić information content (AvgIpc) is 2.66. The predicted octanol–water partition coefficient (Wildman–Crippen LogP) is 4.01. The summed E-state index contributed by atoms with van der Waals surface area (Å²) in [6.45, 7) is 11.4. The molecule has 0 spiro atoms. The smallest absolute Gasteiger partial charge is 0.307 e. The Morgan fingerprint density at radius 1 is 1.20 bits per heavy atom.